The first-order chi connectivity index (χ1) is 21.4. The minimum absolute atomic E-state index is 0.935. The SMILES string of the molecule is c1ccc(-n2c3ccccc3c3cc4c5ccc6c7ncccc7n7ccnc7c6c5n(-c5ccccc5)c4cc32)cc1. The normalized spacial score (nSPS) is 12.2. The Hall–Kier alpha value is -5.94. The maximum Gasteiger partial charge on any atom is 0.147 e. The maximum absolute atomic E-state index is 4.91. The second-order valence-corrected chi connectivity index (χ2v) is 11.1. The largest absolute Gasteiger partial charge is 0.309 e. The molecule has 43 heavy (non-hydrogen) atoms. The third-order valence-corrected chi connectivity index (χ3v) is 8.92. The fraction of sp³-hybridized carbons (Fsp3) is 0. The molecule has 0 aliphatic carbocycles. The average molecular weight is 550 g/mol. The second-order valence-electron chi connectivity index (χ2n) is 11.1. The third-order valence-electron chi connectivity index (χ3n) is 8.92. The average Bonchev–Trinajstić information content (AvgIpc) is 3.77. The van der Waals surface area contributed by atoms with Crippen LogP contribution in [0.5, 0.6) is 0 Å². The Kier molecular flexibility index (Phi) is 4.39. The van der Waals surface area contributed by atoms with E-state index >= 15 is 0 Å². The van der Waals surface area contributed by atoms with E-state index in [2.05, 4.69) is 129 Å². The summed E-state index contributed by atoms with van der Waals surface area (Å²) in [7, 11) is 0. The first-order valence-corrected chi connectivity index (χ1v) is 14.5. The number of para-hydroxylation sites is 3. The monoisotopic (exact) mass is 549 g/mol. The van der Waals surface area contributed by atoms with Gasteiger partial charge in [0, 0.05) is 56.9 Å². The van der Waals surface area contributed by atoms with Crippen LogP contribution in [0.25, 0.3) is 82.4 Å². The Morgan fingerprint density at radius 3 is 1.95 bits per heavy atom. The lowest BCUT2D eigenvalue weighted by molar-refractivity contribution is 1.17. The van der Waals surface area contributed by atoms with E-state index < -0.39 is 0 Å². The smallest absolute Gasteiger partial charge is 0.147 e. The van der Waals surface area contributed by atoms with Crippen LogP contribution in [-0.4, -0.2) is 23.5 Å². The molecule has 5 nitrogen and oxygen atoms in total. The molecule has 10 rings (SSSR count). The van der Waals surface area contributed by atoms with Crippen molar-refractivity contribution in [3.05, 3.63) is 140 Å². The van der Waals surface area contributed by atoms with Crippen LogP contribution in [0.2, 0.25) is 0 Å². The molecule has 0 radical (unpaired) electrons. The van der Waals surface area contributed by atoms with Gasteiger partial charge in [0.25, 0.3) is 0 Å². The quantitative estimate of drug-likeness (QED) is 0.202. The van der Waals surface area contributed by atoms with Gasteiger partial charge in [-0.25, -0.2) is 4.98 Å². The van der Waals surface area contributed by atoms with Gasteiger partial charge in [0.2, 0.25) is 0 Å². The number of hydrogen-bond acceptors (Lipinski definition) is 2. The van der Waals surface area contributed by atoms with Crippen molar-refractivity contribution >= 4 is 71.1 Å². The topological polar surface area (TPSA) is 40.1 Å². The minimum Gasteiger partial charge on any atom is -0.309 e. The fourth-order valence-electron chi connectivity index (χ4n) is 7.17. The number of benzene rings is 5. The first-order valence-electron chi connectivity index (χ1n) is 14.5. The zero-order valence-electron chi connectivity index (χ0n) is 23.0. The number of aromatic nitrogens is 5. The molecule has 0 amide bonds. The van der Waals surface area contributed by atoms with Crippen LogP contribution in [0.15, 0.2) is 140 Å². The molecule has 0 atom stereocenters. The van der Waals surface area contributed by atoms with E-state index in [4.69, 9.17) is 9.97 Å². The Bertz CT molecular complexity index is 2710. The van der Waals surface area contributed by atoms with Gasteiger partial charge in [-0.3, -0.25) is 9.38 Å². The summed E-state index contributed by atoms with van der Waals surface area (Å²) in [6.07, 6.45) is 5.80. The van der Waals surface area contributed by atoms with Gasteiger partial charge in [0.05, 0.1) is 38.5 Å². The summed E-state index contributed by atoms with van der Waals surface area (Å²) in [6, 6.07) is 43.4. The van der Waals surface area contributed by atoms with Crippen LogP contribution < -0.4 is 0 Å². The van der Waals surface area contributed by atoms with E-state index in [0.29, 0.717) is 0 Å². The van der Waals surface area contributed by atoms with Gasteiger partial charge in [0.15, 0.2) is 0 Å². The highest BCUT2D eigenvalue weighted by atomic mass is 15.0. The van der Waals surface area contributed by atoms with Crippen molar-refractivity contribution in [1.29, 1.82) is 0 Å². The lowest BCUT2D eigenvalue weighted by Crippen LogP contribution is -1.98. The zero-order valence-corrected chi connectivity index (χ0v) is 23.0. The van der Waals surface area contributed by atoms with E-state index in [1.54, 1.807) is 0 Å². The molecule has 5 aromatic heterocycles. The van der Waals surface area contributed by atoms with E-state index in [-0.39, 0.29) is 0 Å². The number of fused-ring (bicyclic) bond motifs is 13. The molecular weight excluding hydrogens is 526 g/mol. The number of imidazole rings is 1. The second kappa shape index (κ2) is 8.30. The molecule has 10 aromatic rings. The molecule has 0 aliphatic heterocycles. The summed E-state index contributed by atoms with van der Waals surface area (Å²) in [5, 5.41) is 7.11. The summed E-state index contributed by atoms with van der Waals surface area (Å²) in [6.45, 7) is 0. The predicted octanol–water partition coefficient (Wildman–Crippen LogP) is 9.23. The van der Waals surface area contributed by atoms with Crippen molar-refractivity contribution in [2.45, 2.75) is 0 Å². The molecule has 5 heteroatoms. The number of rotatable bonds is 2. The van der Waals surface area contributed by atoms with Crippen LogP contribution in [0, 0.1) is 0 Å². The summed E-state index contributed by atoms with van der Waals surface area (Å²) in [4.78, 5) is 9.77. The summed E-state index contributed by atoms with van der Waals surface area (Å²) >= 11 is 0. The third kappa shape index (κ3) is 2.95. The van der Waals surface area contributed by atoms with Gasteiger partial charge in [-0.15, -0.1) is 0 Å². The molecule has 0 N–H and O–H groups in total. The van der Waals surface area contributed by atoms with Gasteiger partial charge in [-0.1, -0.05) is 66.7 Å². The first kappa shape index (κ1) is 22.7. The lowest BCUT2D eigenvalue weighted by atomic mass is 10.0. The highest BCUT2D eigenvalue weighted by Gasteiger charge is 2.22. The van der Waals surface area contributed by atoms with Crippen molar-refractivity contribution < 1.29 is 0 Å². The van der Waals surface area contributed by atoms with E-state index in [1.807, 2.05) is 24.7 Å². The molecule has 5 heterocycles. The zero-order chi connectivity index (χ0) is 28.1. The van der Waals surface area contributed by atoms with E-state index in [0.717, 1.165) is 49.9 Å². The number of nitrogens with zero attached hydrogens (tertiary/aromatic N) is 5. The number of hydrogen-bond donors (Lipinski definition) is 0. The minimum atomic E-state index is 0.935. The van der Waals surface area contributed by atoms with E-state index in [1.165, 1.54) is 32.6 Å². The van der Waals surface area contributed by atoms with Crippen LogP contribution in [-0.2, 0) is 0 Å². The molecule has 0 saturated carbocycles. The fourth-order valence-corrected chi connectivity index (χ4v) is 7.17. The number of pyridine rings is 2. The van der Waals surface area contributed by atoms with Crippen molar-refractivity contribution in [3.63, 3.8) is 0 Å². The molecule has 200 valence electrons. The highest BCUT2D eigenvalue weighted by Crippen LogP contribution is 2.43. The molecule has 0 bridgehead atoms. The van der Waals surface area contributed by atoms with Gasteiger partial charge in [0.1, 0.15) is 5.65 Å². The van der Waals surface area contributed by atoms with Crippen molar-refractivity contribution in [2.75, 3.05) is 0 Å². The molecular formula is C38H23N5. The van der Waals surface area contributed by atoms with Gasteiger partial charge in [-0.2, -0.15) is 0 Å². The predicted molar refractivity (Wildman–Crippen MR) is 177 cm³/mol. The molecule has 0 saturated heterocycles. The van der Waals surface area contributed by atoms with Gasteiger partial charge >= 0.3 is 0 Å². The molecule has 5 aromatic carbocycles. The Labute approximate surface area is 245 Å². The summed E-state index contributed by atoms with van der Waals surface area (Å²) in [5.41, 5.74) is 9.92. The van der Waals surface area contributed by atoms with Crippen LogP contribution in [0.4, 0.5) is 0 Å². The van der Waals surface area contributed by atoms with Gasteiger partial charge < -0.3 is 9.13 Å². The van der Waals surface area contributed by atoms with Crippen molar-refractivity contribution in [1.82, 2.24) is 23.5 Å². The molecule has 0 unspecified atom stereocenters. The maximum atomic E-state index is 4.91. The summed E-state index contributed by atoms with van der Waals surface area (Å²) < 4.78 is 6.98. The van der Waals surface area contributed by atoms with Crippen molar-refractivity contribution in [2.24, 2.45) is 0 Å². The molecule has 0 fully saturated rings. The Morgan fingerprint density at radius 1 is 0.442 bits per heavy atom. The molecule has 0 aliphatic rings. The molecule has 0 spiro atoms. The van der Waals surface area contributed by atoms with Crippen LogP contribution in [0.3, 0.4) is 0 Å². The highest BCUT2D eigenvalue weighted by molar-refractivity contribution is 6.27. The summed E-state index contributed by atoms with van der Waals surface area (Å²) in [5.74, 6) is 0. The standard InChI is InChI=1S/C38H23N5/c1-3-10-24(11-4-1)42-31-15-8-7-14-26(31)29-22-30-27-17-18-28-35(38-40-20-21-41(38)32-16-9-19-39-36(28)32)37(27)43(34(30)23-33(29)42)25-12-5-2-6-13-25/h1-23H. The lowest BCUT2D eigenvalue weighted by Gasteiger charge is -2.12. The van der Waals surface area contributed by atoms with Crippen molar-refractivity contribution in [3.8, 4) is 11.4 Å². The van der Waals surface area contributed by atoms with Crippen LogP contribution in [0.1, 0.15) is 0 Å². The van der Waals surface area contributed by atoms with E-state index in [9.17, 15) is 0 Å². The van der Waals surface area contributed by atoms with Gasteiger partial charge in [-0.05, 0) is 54.6 Å². The Balaban J connectivity index is 1.48. The Morgan fingerprint density at radius 2 is 1.12 bits per heavy atom. The van der Waals surface area contributed by atoms with Crippen LogP contribution >= 0.6 is 0 Å².